The van der Waals surface area contributed by atoms with Crippen LogP contribution in [0.25, 0.3) is 0 Å². The molecule has 3 heteroatoms. The van der Waals surface area contributed by atoms with Gasteiger partial charge in [0.25, 0.3) is 0 Å². The number of hydrogen-bond donors (Lipinski definition) is 2. The van der Waals surface area contributed by atoms with Crippen molar-refractivity contribution in [2.24, 2.45) is 0 Å². The topological polar surface area (TPSA) is 49.3 Å². The largest absolute Gasteiger partial charge is 0.478 e. The number of rotatable bonds is 4. The maximum absolute atomic E-state index is 10.9. The molecule has 0 radical (unpaired) electrons. The zero-order valence-electron chi connectivity index (χ0n) is 8.50. The Morgan fingerprint density at radius 3 is 2.79 bits per heavy atom. The molecule has 0 aliphatic rings. The monoisotopic (exact) mass is 193 g/mol. The Kier molecular flexibility index (Phi) is 3.51. The van der Waals surface area contributed by atoms with Gasteiger partial charge in [-0.1, -0.05) is 18.6 Å². The van der Waals surface area contributed by atoms with Gasteiger partial charge in [0, 0.05) is 12.2 Å². The summed E-state index contributed by atoms with van der Waals surface area (Å²) in [6, 6.07) is 5.40. The van der Waals surface area contributed by atoms with Crippen LogP contribution in [0, 0.1) is 6.92 Å². The predicted molar refractivity (Wildman–Crippen MR) is 56.9 cm³/mol. The predicted octanol–water partition coefficient (Wildman–Crippen LogP) is 2.52. The number of carboxylic acid groups (broad SMARTS) is 1. The van der Waals surface area contributed by atoms with E-state index in [0.29, 0.717) is 11.3 Å². The molecule has 0 spiro atoms. The fourth-order valence-corrected chi connectivity index (χ4v) is 1.25. The molecule has 0 aliphatic heterocycles. The summed E-state index contributed by atoms with van der Waals surface area (Å²) < 4.78 is 0. The van der Waals surface area contributed by atoms with Crippen LogP contribution in [0.3, 0.4) is 0 Å². The Balaban J connectivity index is 2.96. The Labute approximate surface area is 83.8 Å². The van der Waals surface area contributed by atoms with Crippen molar-refractivity contribution in [1.82, 2.24) is 0 Å². The Hall–Kier alpha value is -1.51. The maximum atomic E-state index is 10.9. The molecule has 1 rings (SSSR count). The minimum Gasteiger partial charge on any atom is -0.478 e. The van der Waals surface area contributed by atoms with E-state index in [9.17, 15) is 4.79 Å². The highest BCUT2D eigenvalue weighted by molar-refractivity contribution is 5.94. The minimum atomic E-state index is -0.882. The van der Waals surface area contributed by atoms with E-state index < -0.39 is 5.97 Å². The van der Waals surface area contributed by atoms with Crippen LogP contribution in [0.1, 0.15) is 29.3 Å². The molecule has 0 saturated heterocycles. The summed E-state index contributed by atoms with van der Waals surface area (Å²) in [5, 5.41) is 12.0. The zero-order valence-corrected chi connectivity index (χ0v) is 8.50. The van der Waals surface area contributed by atoms with E-state index in [4.69, 9.17) is 5.11 Å². The number of nitrogens with one attached hydrogen (secondary N) is 1. The number of carboxylic acids is 1. The van der Waals surface area contributed by atoms with Crippen LogP contribution in [0.15, 0.2) is 18.2 Å². The van der Waals surface area contributed by atoms with Crippen LogP contribution in [0.2, 0.25) is 0 Å². The Morgan fingerprint density at radius 2 is 2.21 bits per heavy atom. The molecular formula is C11H15NO2. The van der Waals surface area contributed by atoms with Crippen molar-refractivity contribution in [2.75, 3.05) is 11.9 Å². The van der Waals surface area contributed by atoms with Gasteiger partial charge in [-0.15, -0.1) is 0 Å². The molecule has 1 aromatic rings. The molecule has 0 aliphatic carbocycles. The van der Waals surface area contributed by atoms with Gasteiger partial charge in [-0.25, -0.2) is 4.79 Å². The van der Waals surface area contributed by atoms with E-state index in [1.807, 2.05) is 26.0 Å². The molecule has 0 saturated carbocycles. The van der Waals surface area contributed by atoms with Gasteiger partial charge in [-0.2, -0.15) is 0 Å². The van der Waals surface area contributed by atoms with Crippen molar-refractivity contribution in [3.05, 3.63) is 29.3 Å². The van der Waals surface area contributed by atoms with Crippen molar-refractivity contribution < 1.29 is 9.90 Å². The third kappa shape index (κ3) is 2.49. The van der Waals surface area contributed by atoms with Crippen molar-refractivity contribution in [2.45, 2.75) is 20.3 Å². The summed E-state index contributed by atoms with van der Waals surface area (Å²) in [6.07, 6.45) is 0.979. The van der Waals surface area contributed by atoms with Crippen molar-refractivity contribution >= 4 is 11.7 Å². The van der Waals surface area contributed by atoms with Crippen LogP contribution in [-0.2, 0) is 0 Å². The lowest BCUT2D eigenvalue weighted by Gasteiger charge is -2.08. The molecule has 3 nitrogen and oxygen atoms in total. The lowest BCUT2D eigenvalue weighted by atomic mass is 10.1. The second-order valence-electron chi connectivity index (χ2n) is 3.28. The van der Waals surface area contributed by atoms with Crippen LogP contribution >= 0.6 is 0 Å². The van der Waals surface area contributed by atoms with Gasteiger partial charge in [0.1, 0.15) is 0 Å². The van der Waals surface area contributed by atoms with Crippen LogP contribution in [-0.4, -0.2) is 17.6 Å². The SMILES string of the molecule is CCCNc1ccc(C)cc1C(=O)O. The quantitative estimate of drug-likeness (QED) is 0.772. The molecule has 0 unspecified atom stereocenters. The number of carbonyl (C=O) groups is 1. The van der Waals surface area contributed by atoms with Gasteiger partial charge < -0.3 is 10.4 Å². The molecule has 2 N–H and O–H groups in total. The fourth-order valence-electron chi connectivity index (χ4n) is 1.25. The van der Waals surface area contributed by atoms with E-state index >= 15 is 0 Å². The summed E-state index contributed by atoms with van der Waals surface area (Å²) in [6.45, 7) is 4.72. The molecule has 0 heterocycles. The first-order chi connectivity index (χ1) is 6.65. The lowest BCUT2D eigenvalue weighted by molar-refractivity contribution is 0.0698. The van der Waals surface area contributed by atoms with Gasteiger partial charge >= 0.3 is 5.97 Å². The summed E-state index contributed by atoms with van der Waals surface area (Å²) in [7, 11) is 0. The van der Waals surface area contributed by atoms with Gasteiger partial charge in [0.2, 0.25) is 0 Å². The number of aryl methyl sites for hydroxylation is 1. The first-order valence-electron chi connectivity index (χ1n) is 4.73. The second kappa shape index (κ2) is 4.65. The summed E-state index contributed by atoms with van der Waals surface area (Å²) >= 11 is 0. The number of hydrogen-bond acceptors (Lipinski definition) is 2. The van der Waals surface area contributed by atoms with Gasteiger partial charge in [0.05, 0.1) is 5.56 Å². The third-order valence-electron chi connectivity index (χ3n) is 1.97. The fraction of sp³-hybridized carbons (Fsp3) is 0.364. The van der Waals surface area contributed by atoms with Crippen LogP contribution in [0.4, 0.5) is 5.69 Å². The first-order valence-corrected chi connectivity index (χ1v) is 4.73. The highest BCUT2D eigenvalue weighted by Gasteiger charge is 2.08. The summed E-state index contributed by atoms with van der Waals surface area (Å²) in [5.74, 6) is -0.882. The normalized spacial score (nSPS) is 9.86. The van der Waals surface area contributed by atoms with Gasteiger partial charge in [-0.3, -0.25) is 0 Å². The highest BCUT2D eigenvalue weighted by atomic mass is 16.4. The second-order valence-corrected chi connectivity index (χ2v) is 3.28. The summed E-state index contributed by atoms with van der Waals surface area (Å²) in [4.78, 5) is 10.9. The standard InChI is InChI=1S/C11H15NO2/c1-3-6-12-10-5-4-8(2)7-9(10)11(13)14/h4-5,7,12H,3,6H2,1-2H3,(H,13,14). The van der Waals surface area contributed by atoms with Crippen molar-refractivity contribution in [3.8, 4) is 0 Å². The van der Waals surface area contributed by atoms with Crippen LogP contribution < -0.4 is 5.32 Å². The van der Waals surface area contributed by atoms with E-state index in [-0.39, 0.29) is 0 Å². The minimum absolute atomic E-state index is 0.346. The van der Waals surface area contributed by atoms with E-state index in [0.717, 1.165) is 18.5 Å². The molecule has 0 atom stereocenters. The lowest BCUT2D eigenvalue weighted by Crippen LogP contribution is -2.07. The molecular weight excluding hydrogens is 178 g/mol. The van der Waals surface area contributed by atoms with Gasteiger partial charge in [-0.05, 0) is 25.5 Å². The molecule has 0 aromatic heterocycles. The first kappa shape index (κ1) is 10.6. The zero-order chi connectivity index (χ0) is 10.6. The molecule has 0 bridgehead atoms. The van der Waals surface area contributed by atoms with E-state index in [1.54, 1.807) is 6.07 Å². The third-order valence-corrected chi connectivity index (χ3v) is 1.97. The van der Waals surface area contributed by atoms with Crippen molar-refractivity contribution in [1.29, 1.82) is 0 Å². The Bertz CT molecular complexity index is 334. The number of benzene rings is 1. The smallest absolute Gasteiger partial charge is 0.337 e. The number of anilines is 1. The number of aromatic carboxylic acids is 1. The summed E-state index contributed by atoms with van der Waals surface area (Å²) in [5.41, 5.74) is 2.01. The molecule has 76 valence electrons. The average molecular weight is 193 g/mol. The molecule has 14 heavy (non-hydrogen) atoms. The molecule has 1 aromatic carbocycles. The maximum Gasteiger partial charge on any atom is 0.337 e. The average Bonchev–Trinajstić information content (AvgIpc) is 2.15. The van der Waals surface area contributed by atoms with Crippen LogP contribution in [0.5, 0.6) is 0 Å². The Morgan fingerprint density at radius 1 is 1.50 bits per heavy atom. The highest BCUT2D eigenvalue weighted by Crippen LogP contribution is 2.17. The van der Waals surface area contributed by atoms with E-state index in [1.165, 1.54) is 0 Å². The van der Waals surface area contributed by atoms with Crippen molar-refractivity contribution in [3.63, 3.8) is 0 Å². The molecule has 0 fully saturated rings. The molecule has 0 amide bonds. The van der Waals surface area contributed by atoms with E-state index in [2.05, 4.69) is 5.32 Å². The van der Waals surface area contributed by atoms with Gasteiger partial charge in [0.15, 0.2) is 0 Å².